The lowest BCUT2D eigenvalue weighted by molar-refractivity contribution is 0.939. The van der Waals surface area contributed by atoms with Crippen LogP contribution in [-0.2, 0) is 20.6 Å². The zero-order valence-corrected chi connectivity index (χ0v) is 6.71. The standard InChI is InChI=1S/C6H5N2S2/c9-10-2-1-5-3-7-4-8-6(5)10/h2-4,6H,(H,7,8). The minimum Gasteiger partial charge on any atom is -0.360 e. The van der Waals surface area contributed by atoms with Crippen LogP contribution < -0.4 is 5.32 Å². The van der Waals surface area contributed by atoms with E-state index in [4.69, 9.17) is 11.2 Å². The number of nitrogens with zero attached hydrogens (tertiary/aromatic N) is 1. The molecule has 0 bridgehead atoms. The molecular weight excluding hydrogens is 164 g/mol. The monoisotopic (exact) mass is 169 g/mol. The minimum absolute atomic E-state index is 0.113. The first-order chi connectivity index (χ1) is 4.88. The van der Waals surface area contributed by atoms with Crippen molar-refractivity contribution in [3.05, 3.63) is 23.3 Å². The first kappa shape index (κ1) is 6.24. The topological polar surface area (TPSA) is 24.4 Å². The van der Waals surface area contributed by atoms with Crippen molar-refractivity contribution in [2.24, 2.45) is 4.99 Å². The lowest BCUT2D eigenvalue weighted by Gasteiger charge is -2.14. The van der Waals surface area contributed by atoms with Crippen LogP contribution in [0.3, 0.4) is 0 Å². The Balaban J connectivity index is 2.39. The molecule has 51 valence electrons. The SMILES string of the molecule is S=S1C=[C]C2=CN=CNC21. The maximum atomic E-state index is 5.14. The molecule has 0 saturated carbocycles. The predicted octanol–water partition coefficient (Wildman–Crippen LogP) is 0.239. The quantitative estimate of drug-likeness (QED) is 0.561. The first-order valence-corrected chi connectivity index (χ1v) is 5.12. The van der Waals surface area contributed by atoms with Gasteiger partial charge < -0.3 is 5.32 Å². The summed E-state index contributed by atoms with van der Waals surface area (Å²) in [5, 5.41) is 5.28. The lowest BCUT2D eigenvalue weighted by Crippen LogP contribution is -2.31. The molecule has 10 heavy (non-hydrogen) atoms. The summed E-state index contributed by atoms with van der Waals surface area (Å²) >= 11 is 5.14. The van der Waals surface area contributed by atoms with E-state index in [0.29, 0.717) is 0 Å². The number of fused-ring (bicyclic) bond motifs is 1. The smallest absolute Gasteiger partial charge is 0.109 e. The Bertz CT molecular complexity index is 265. The van der Waals surface area contributed by atoms with Gasteiger partial charge in [0.2, 0.25) is 0 Å². The third-order valence-electron chi connectivity index (χ3n) is 1.37. The Labute approximate surface area is 66.3 Å². The molecule has 0 spiro atoms. The van der Waals surface area contributed by atoms with Crippen molar-refractivity contribution in [3.8, 4) is 0 Å². The van der Waals surface area contributed by atoms with Crippen molar-refractivity contribution in [1.82, 2.24) is 5.32 Å². The van der Waals surface area contributed by atoms with Crippen LogP contribution in [0.15, 0.2) is 22.2 Å². The van der Waals surface area contributed by atoms with Crippen molar-refractivity contribution in [2.75, 3.05) is 0 Å². The van der Waals surface area contributed by atoms with Gasteiger partial charge in [-0.25, -0.2) is 4.99 Å². The summed E-state index contributed by atoms with van der Waals surface area (Å²) in [5.74, 6) is 0. The van der Waals surface area contributed by atoms with Crippen molar-refractivity contribution < 1.29 is 0 Å². The Morgan fingerprint density at radius 2 is 2.70 bits per heavy atom. The third kappa shape index (κ3) is 0.839. The van der Waals surface area contributed by atoms with E-state index in [2.05, 4.69) is 16.4 Å². The van der Waals surface area contributed by atoms with Crippen molar-refractivity contribution in [2.45, 2.75) is 5.37 Å². The average Bonchev–Trinajstić information content (AvgIpc) is 2.34. The highest BCUT2D eigenvalue weighted by Gasteiger charge is 2.20. The molecule has 2 rings (SSSR count). The second-order valence-electron chi connectivity index (χ2n) is 2.00. The normalized spacial score (nSPS) is 35.0. The first-order valence-electron chi connectivity index (χ1n) is 2.85. The maximum absolute atomic E-state index is 5.14. The van der Waals surface area contributed by atoms with Gasteiger partial charge in [-0.3, -0.25) is 0 Å². The van der Waals surface area contributed by atoms with Crippen LogP contribution in [0.1, 0.15) is 0 Å². The van der Waals surface area contributed by atoms with Crippen molar-refractivity contribution in [1.29, 1.82) is 0 Å². The number of nitrogens with one attached hydrogen (secondary N) is 1. The summed E-state index contributed by atoms with van der Waals surface area (Å²) in [6.07, 6.45) is 6.56. The summed E-state index contributed by atoms with van der Waals surface area (Å²) in [7, 11) is -0.113. The van der Waals surface area contributed by atoms with Crippen LogP contribution in [0.4, 0.5) is 0 Å². The molecule has 2 unspecified atom stereocenters. The van der Waals surface area contributed by atoms with E-state index in [1.54, 1.807) is 12.5 Å². The van der Waals surface area contributed by atoms with Gasteiger partial charge in [-0.15, -0.1) is 0 Å². The molecule has 2 heterocycles. The second kappa shape index (κ2) is 2.29. The average molecular weight is 169 g/mol. The molecule has 0 aromatic heterocycles. The third-order valence-corrected chi connectivity index (χ3v) is 3.44. The van der Waals surface area contributed by atoms with Crippen LogP contribution in [0.5, 0.6) is 0 Å². The summed E-state index contributed by atoms with van der Waals surface area (Å²) < 4.78 is 0. The van der Waals surface area contributed by atoms with Crippen LogP contribution in [0.2, 0.25) is 0 Å². The van der Waals surface area contributed by atoms with Gasteiger partial charge in [0.05, 0.1) is 6.34 Å². The van der Waals surface area contributed by atoms with Crippen LogP contribution in [-0.4, -0.2) is 11.7 Å². The molecule has 0 aliphatic carbocycles. The number of aliphatic imine (C=N–C) groups is 1. The van der Waals surface area contributed by atoms with Gasteiger partial charge in [0.1, 0.15) is 5.37 Å². The lowest BCUT2D eigenvalue weighted by atomic mass is 10.3. The second-order valence-corrected chi connectivity index (χ2v) is 4.52. The molecule has 0 saturated heterocycles. The van der Waals surface area contributed by atoms with Crippen molar-refractivity contribution >= 4 is 27.0 Å². The van der Waals surface area contributed by atoms with E-state index in [-0.39, 0.29) is 14.8 Å². The van der Waals surface area contributed by atoms with Gasteiger partial charge >= 0.3 is 0 Å². The van der Waals surface area contributed by atoms with Gasteiger partial charge in [-0.2, -0.15) is 0 Å². The zero-order chi connectivity index (χ0) is 6.97. The molecule has 1 N–H and O–H groups in total. The largest absolute Gasteiger partial charge is 0.360 e. The highest BCUT2D eigenvalue weighted by Crippen LogP contribution is 2.18. The van der Waals surface area contributed by atoms with Gasteiger partial charge in [0.15, 0.2) is 0 Å². The molecule has 1 radical (unpaired) electrons. The molecule has 4 heteroatoms. The fourth-order valence-corrected chi connectivity index (χ4v) is 2.47. The van der Waals surface area contributed by atoms with E-state index < -0.39 is 0 Å². The maximum Gasteiger partial charge on any atom is 0.109 e. The van der Waals surface area contributed by atoms with Gasteiger partial charge in [-0.05, 0) is 22.7 Å². The summed E-state index contributed by atoms with van der Waals surface area (Å²) in [6.45, 7) is 0. The Morgan fingerprint density at radius 3 is 3.50 bits per heavy atom. The summed E-state index contributed by atoms with van der Waals surface area (Å²) in [4.78, 5) is 3.93. The highest BCUT2D eigenvalue weighted by atomic mass is 32.8. The molecule has 2 atom stereocenters. The number of hydrogen-bond acceptors (Lipinski definition) is 3. The predicted molar refractivity (Wildman–Crippen MR) is 46.0 cm³/mol. The zero-order valence-electron chi connectivity index (χ0n) is 5.07. The molecular formula is C6H5N2S2. The van der Waals surface area contributed by atoms with Gasteiger partial charge in [-0.1, -0.05) is 9.45 Å². The fourth-order valence-electron chi connectivity index (χ4n) is 0.885. The summed E-state index contributed by atoms with van der Waals surface area (Å²) in [6, 6.07) is 0. The van der Waals surface area contributed by atoms with E-state index in [0.717, 1.165) is 5.57 Å². The van der Waals surface area contributed by atoms with Crippen molar-refractivity contribution in [3.63, 3.8) is 0 Å². The fraction of sp³-hybridized carbons (Fsp3) is 0.167. The minimum atomic E-state index is -0.113. The highest BCUT2D eigenvalue weighted by molar-refractivity contribution is 8.31. The van der Waals surface area contributed by atoms with Crippen LogP contribution in [0, 0.1) is 6.08 Å². The number of hydrogen-bond donors (Lipinski definition) is 1. The Morgan fingerprint density at radius 1 is 1.80 bits per heavy atom. The van der Waals surface area contributed by atoms with E-state index in [1.807, 2.05) is 5.41 Å². The molecule has 0 aromatic carbocycles. The van der Waals surface area contributed by atoms with Crippen LogP contribution in [0.25, 0.3) is 0 Å². The molecule has 0 amide bonds. The molecule has 2 aliphatic heterocycles. The molecule has 0 aromatic rings. The van der Waals surface area contributed by atoms with Gasteiger partial charge in [0.25, 0.3) is 0 Å². The van der Waals surface area contributed by atoms with E-state index in [9.17, 15) is 0 Å². The molecule has 0 fully saturated rings. The Hall–Kier alpha value is -0.480. The molecule has 2 nitrogen and oxygen atoms in total. The molecule has 2 aliphatic rings. The van der Waals surface area contributed by atoms with Gasteiger partial charge in [0, 0.05) is 11.8 Å². The summed E-state index contributed by atoms with van der Waals surface area (Å²) in [5.41, 5.74) is 1.08. The van der Waals surface area contributed by atoms with Crippen LogP contribution >= 0.6 is 0 Å². The Kier molecular flexibility index (Phi) is 1.43. The number of rotatable bonds is 0. The van der Waals surface area contributed by atoms with E-state index in [1.165, 1.54) is 0 Å². The van der Waals surface area contributed by atoms with E-state index >= 15 is 0 Å².